The van der Waals surface area contributed by atoms with Crippen LogP contribution < -0.4 is 10.2 Å². The van der Waals surface area contributed by atoms with Gasteiger partial charge in [-0.3, -0.25) is 19.4 Å². The predicted octanol–water partition coefficient (Wildman–Crippen LogP) is 4.70. The van der Waals surface area contributed by atoms with Crippen molar-refractivity contribution in [2.45, 2.75) is 25.2 Å². The van der Waals surface area contributed by atoms with Gasteiger partial charge in [0, 0.05) is 18.0 Å². The summed E-state index contributed by atoms with van der Waals surface area (Å²) in [5, 5.41) is 2.45. The summed E-state index contributed by atoms with van der Waals surface area (Å²) in [5.74, 6) is -1.55. The Morgan fingerprint density at radius 2 is 2.07 bits per heavy atom. The van der Waals surface area contributed by atoms with E-state index in [0.717, 1.165) is 4.88 Å². The molecule has 2 aromatic rings. The van der Waals surface area contributed by atoms with Crippen molar-refractivity contribution in [3.8, 4) is 0 Å². The van der Waals surface area contributed by atoms with Gasteiger partial charge in [-0.15, -0.1) is 17.9 Å². The van der Waals surface area contributed by atoms with Crippen molar-refractivity contribution in [1.29, 1.82) is 0 Å². The summed E-state index contributed by atoms with van der Waals surface area (Å²) < 4.78 is 42.0. The van der Waals surface area contributed by atoms with Crippen LogP contribution in [-0.4, -0.2) is 42.0 Å². The van der Waals surface area contributed by atoms with Crippen LogP contribution in [0, 0.1) is 0 Å². The maximum absolute atomic E-state index is 13.8. The van der Waals surface area contributed by atoms with E-state index in [4.69, 9.17) is 11.6 Å². The topological polar surface area (TPSA) is 52.7 Å². The highest BCUT2D eigenvalue weighted by Crippen LogP contribution is 2.37. The fourth-order valence-electron chi connectivity index (χ4n) is 3.29. The number of rotatable bonds is 6. The average Bonchev–Trinajstić information content (AvgIpc) is 2.98. The number of para-hydroxylation sites is 2. The monoisotopic (exact) mass is 457 g/mol. The molecule has 0 saturated heterocycles. The number of benzene rings is 1. The molecule has 2 heterocycles. The molecule has 5 nitrogen and oxygen atoms in total. The number of nitrogens with one attached hydrogen (secondary N) is 1. The Morgan fingerprint density at radius 3 is 2.70 bits per heavy atom. The number of halogens is 4. The maximum atomic E-state index is 13.8. The lowest BCUT2D eigenvalue weighted by atomic mass is 10.1. The van der Waals surface area contributed by atoms with Crippen molar-refractivity contribution in [2.75, 3.05) is 23.3 Å². The summed E-state index contributed by atoms with van der Waals surface area (Å²) >= 11 is 7.28. The number of amides is 2. The van der Waals surface area contributed by atoms with E-state index >= 15 is 0 Å². The summed E-state index contributed by atoms with van der Waals surface area (Å²) in [6, 6.07) is 7.25. The van der Waals surface area contributed by atoms with Crippen molar-refractivity contribution >= 4 is 46.1 Å². The Kier molecular flexibility index (Phi) is 6.84. The highest BCUT2D eigenvalue weighted by atomic mass is 35.5. The van der Waals surface area contributed by atoms with Crippen molar-refractivity contribution in [3.63, 3.8) is 0 Å². The van der Waals surface area contributed by atoms with Gasteiger partial charge in [-0.1, -0.05) is 29.8 Å². The highest BCUT2D eigenvalue weighted by Gasteiger charge is 2.49. The fraction of sp³-hybridized carbons (Fsp3) is 0.300. The largest absolute Gasteiger partial charge is 0.409 e. The molecular weight excluding hydrogens is 439 g/mol. The minimum atomic E-state index is -4.77. The van der Waals surface area contributed by atoms with E-state index in [2.05, 4.69) is 11.9 Å². The molecule has 1 atom stereocenters. The number of hydrogen-bond donors (Lipinski definition) is 1. The minimum absolute atomic E-state index is 0.0217. The van der Waals surface area contributed by atoms with E-state index in [0.29, 0.717) is 22.3 Å². The maximum Gasteiger partial charge on any atom is 0.409 e. The summed E-state index contributed by atoms with van der Waals surface area (Å²) in [6.45, 7) is 4.01. The fourth-order valence-corrected chi connectivity index (χ4v) is 4.42. The van der Waals surface area contributed by atoms with Gasteiger partial charge in [-0.25, -0.2) is 0 Å². The zero-order valence-corrected chi connectivity index (χ0v) is 17.4. The number of thiophene rings is 1. The molecule has 0 aliphatic carbocycles. The number of alkyl halides is 3. The SMILES string of the molecule is C=CCN(CC(=O)N1c2ccccc2NC(=O)CC1C(F)(F)F)Cc1ccc(Cl)s1. The first kappa shape index (κ1) is 22.3. The van der Waals surface area contributed by atoms with Crippen molar-refractivity contribution < 1.29 is 22.8 Å². The average molecular weight is 458 g/mol. The molecule has 1 N–H and O–H groups in total. The van der Waals surface area contributed by atoms with Gasteiger partial charge in [0.25, 0.3) is 0 Å². The molecule has 3 rings (SSSR count). The summed E-state index contributed by atoms with van der Waals surface area (Å²) in [5.41, 5.74) is 0.191. The minimum Gasteiger partial charge on any atom is -0.324 e. The third-order valence-corrected chi connectivity index (χ3v) is 5.74. The molecule has 160 valence electrons. The van der Waals surface area contributed by atoms with Gasteiger partial charge >= 0.3 is 6.18 Å². The Labute approximate surface area is 180 Å². The first-order valence-corrected chi connectivity index (χ1v) is 10.2. The Hall–Kier alpha value is -2.36. The van der Waals surface area contributed by atoms with Gasteiger partial charge in [0.15, 0.2) is 0 Å². The number of carbonyl (C=O) groups excluding carboxylic acids is 2. The number of hydrogen-bond acceptors (Lipinski definition) is 4. The molecule has 1 aromatic carbocycles. The van der Waals surface area contributed by atoms with Crippen LogP contribution >= 0.6 is 22.9 Å². The molecule has 0 saturated carbocycles. The normalized spacial score (nSPS) is 16.8. The first-order valence-electron chi connectivity index (χ1n) is 9.04. The number of fused-ring (bicyclic) bond motifs is 1. The lowest BCUT2D eigenvalue weighted by Gasteiger charge is -2.33. The molecule has 1 aliphatic rings. The van der Waals surface area contributed by atoms with E-state index in [1.807, 2.05) is 0 Å². The Morgan fingerprint density at radius 1 is 1.33 bits per heavy atom. The van der Waals surface area contributed by atoms with Crippen LogP contribution in [0.5, 0.6) is 0 Å². The molecule has 0 fully saturated rings. The first-order chi connectivity index (χ1) is 14.2. The van der Waals surface area contributed by atoms with Crippen LogP contribution in [-0.2, 0) is 16.1 Å². The quantitative estimate of drug-likeness (QED) is 0.640. The third-order valence-electron chi connectivity index (χ3n) is 4.53. The summed E-state index contributed by atoms with van der Waals surface area (Å²) in [6.07, 6.45) is -4.06. The third kappa shape index (κ3) is 5.21. The zero-order chi connectivity index (χ0) is 21.9. The van der Waals surface area contributed by atoms with Crippen LogP contribution in [0.3, 0.4) is 0 Å². The van der Waals surface area contributed by atoms with Crippen molar-refractivity contribution in [2.24, 2.45) is 0 Å². The molecule has 1 unspecified atom stereocenters. The van der Waals surface area contributed by atoms with Crippen LogP contribution in [0.1, 0.15) is 11.3 Å². The summed E-state index contributed by atoms with van der Waals surface area (Å²) in [4.78, 5) is 28.4. The molecule has 0 spiro atoms. The van der Waals surface area contributed by atoms with Crippen molar-refractivity contribution in [1.82, 2.24) is 4.90 Å². The lowest BCUT2D eigenvalue weighted by molar-refractivity contribution is -0.158. The van der Waals surface area contributed by atoms with Gasteiger partial charge in [0.1, 0.15) is 6.04 Å². The molecule has 1 aliphatic heterocycles. The van der Waals surface area contributed by atoms with Gasteiger partial charge in [0.2, 0.25) is 11.8 Å². The molecule has 1 aromatic heterocycles. The predicted molar refractivity (Wildman–Crippen MR) is 112 cm³/mol. The lowest BCUT2D eigenvalue weighted by Crippen LogP contribution is -2.52. The van der Waals surface area contributed by atoms with Gasteiger partial charge < -0.3 is 5.32 Å². The molecule has 0 radical (unpaired) electrons. The van der Waals surface area contributed by atoms with Gasteiger partial charge in [-0.2, -0.15) is 13.2 Å². The zero-order valence-electron chi connectivity index (χ0n) is 15.8. The van der Waals surface area contributed by atoms with Gasteiger partial charge in [0.05, 0.1) is 28.7 Å². The smallest absolute Gasteiger partial charge is 0.324 e. The molecule has 0 bridgehead atoms. The van der Waals surface area contributed by atoms with Crippen LogP contribution in [0.2, 0.25) is 4.34 Å². The van der Waals surface area contributed by atoms with Crippen LogP contribution in [0.15, 0.2) is 49.1 Å². The van der Waals surface area contributed by atoms with Crippen LogP contribution in [0.4, 0.5) is 24.5 Å². The Balaban J connectivity index is 1.92. The number of carbonyl (C=O) groups is 2. The van der Waals surface area contributed by atoms with Gasteiger partial charge in [-0.05, 0) is 24.3 Å². The van der Waals surface area contributed by atoms with Crippen LogP contribution in [0.25, 0.3) is 0 Å². The molecule has 2 amide bonds. The molecular formula is C20H19ClF3N3O2S. The van der Waals surface area contributed by atoms with E-state index in [9.17, 15) is 22.8 Å². The van der Waals surface area contributed by atoms with E-state index in [1.54, 1.807) is 29.2 Å². The second-order valence-electron chi connectivity index (χ2n) is 6.75. The van der Waals surface area contributed by atoms with Crippen molar-refractivity contribution in [3.05, 3.63) is 58.3 Å². The summed E-state index contributed by atoms with van der Waals surface area (Å²) in [7, 11) is 0. The standard InChI is InChI=1S/C20H19ClF3N3O2S/c1-2-9-26(11-13-7-8-17(21)30-13)12-19(29)27-15-6-4-3-5-14(15)25-18(28)10-16(27)20(22,23)24/h2-8,16H,1,9-12H2,(H,25,28). The second-order valence-corrected chi connectivity index (χ2v) is 8.55. The van der Waals surface area contributed by atoms with E-state index in [-0.39, 0.29) is 17.9 Å². The molecule has 10 heteroatoms. The molecule has 30 heavy (non-hydrogen) atoms. The van der Waals surface area contributed by atoms with E-state index in [1.165, 1.54) is 29.5 Å². The number of nitrogens with zero attached hydrogens (tertiary/aromatic N) is 2. The van der Waals surface area contributed by atoms with E-state index < -0.39 is 30.5 Å². The number of anilines is 2. The Bertz CT molecular complexity index is 947. The highest BCUT2D eigenvalue weighted by molar-refractivity contribution is 7.16. The second kappa shape index (κ2) is 9.20.